The minimum absolute atomic E-state index is 0.246. The highest BCUT2D eigenvalue weighted by atomic mass is 16.5. The highest BCUT2D eigenvalue weighted by Crippen LogP contribution is 2.29. The second kappa shape index (κ2) is 7.90. The van der Waals surface area contributed by atoms with Gasteiger partial charge in [0.2, 0.25) is 5.91 Å². The normalized spacial score (nSPS) is 11.8. The number of amides is 1. The van der Waals surface area contributed by atoms with E-state index in [2.05, 4.69) is 10.3 Å². The van der Waals surface area contributed by atoms with Crippen molar-refractivity contribution in [2.45, 2.75) is 19.4 Å². The van der Waals surface area contributed by atoms with Gasteiger partial charge in [-0.2, -0.15) is 0 Å². The molecule has 0 radical (unpaired) electrons. The number of nitrogens with one attached hydrogen (secondary N) is 1. The van der Waals surface area contributed by atoms with Crippen molar-refractivity contribution >= 4 is 22.5 Å². The largest absolute Gasteiger partial charge is 0.497 e. The van der Waals surface area contributed by atoms with Gasteiger partial charge in [-0.1, -0.05) is 19.1 Å². The van der Waals surface area contributed by atoms with Gasteiger partial charge in [0.1, 0.15) is 17.5 Å². The van der Waals surface area contributed by atoms with Crippen LogP contribution in [-0.4, -0.2) is 29.7 Å². The number of carbonyl (C=O) groups excluding carboxylic acids is 1. The first kappa shape index (κ1) is 18.4. The fourth-order valence-corrected chi connectivity index (χ4v) is 2.93. The lowest BCUT2D eigenvalue weighted by molar-refractivity contribution is -0.119. The van der Waals surface area contributed by atoms with E-state index in [1.165, 1.54) is 18.0 Å². The summed E-state index contributed by atoms with van der Waals surface area (Å²) in [7, 11) is 3.07. The van der Waals surface area contributed by atoms with Crippen LogP contribution in [0, 0.1) is 0 Å². The molecule has 0 unspecified atom stereocenters. The number of para-hydroxylation sites is 1. The van der Waals surface area contributed by atoms with Crippen molar-refractivity contribution in [2.75, 3.05) is 19.5 Å². The van der Waals surface area contributed by atoms with Gasteiger partial charge < -0.3 is 14.8 Å². The molecule has 1 heterocycles. The summed E-state index contributed by atoms with van der Waals surface area (Å²) in [6.45, 7) is 1.84. The number of fused-ring (bicyclic) bond motifs is 1. The molecule has 7 heteroatoms. The average molecular weight is 367 g/mol. The van der Waals surface area contributed by atoms with Gasteiger partial charge in [-0.15, -0.1) is 0 Å². The van der Waals surface area contributed by atoms with E-state index in [0.29, 0.717) is 34.5 Å². The van der Waals surface area contributed by atoms with Gasteiger partial charge in [0.25, 0.3) is 5.56 Å². The lowest BCUT2D eigenvalue weighted by atomic mass is 10.1. The Morgan fingerprint density at radius 1 is 1.19 bits per heavy atom. The first-order valence-corrected chi connectivity index (χ1v) is 8.57. The van der Waals surface area contributed by atoms with Crippen LogP contribution in [0.15, 0.2) is 53.6 Å². The SMILES string of the molecule is CC[C@H](C(=O)Nc1ccc(OC)cc1OC)n1cnc2ccccc2c1=O. The Kier molecular flexibility index (Phi) is 5.40. The molecule has 0 bridgehead atoms. The Bertz CT molecular complexity index is 1030. The van der Waals surface area contributed by atoms with E-state index in [4.69, 9.17) is 9.47 Å². The first-order chi connectivity index (χ1) is 13.1. The predicted octanol–water partition coefficient (Wildman–Crippen LogP) is 3.00. The van der Waals surface area contributed by atoms with Gasteiger partial charge in [0.05, 0.1) is 37.1 Å². The van der Waals surface area contributed by atoms with Crippen LogP contribution >= 0.6 is 0 Å². The van der Waals surface area contributed by atoms with E-state index in [1.807, 2.05) is 13.0 Å². The molecular formula is C20H21N3O4. The van der Waals surface area contributed by atoms with Gasteiger partial charge in [0, 0.05) is 6.07 Å². The third kappa shape index (κ3) is 3.62. The summed E-state index contributed by atoms with van der Waals surface area (Å²) in [6.07, 6.45) is 1.86. The maximum atomic E-state index is 12.9. The van der Waals surface area contributed by atoms with Crippen molar-refractivity contribution < 1.29 is 14.3 Å². The van der Waals surface area contributed by atoms with Crippen LogP contribution in [0.25, 0.3) is 10.9 Å². The molecule has 0 saturated heterocycles. The van der Waals surface area contributed by atoms with Crippen molar-refractivity contribution in [2.24, 2.45) is 0 Å². The molecule has 1 aromatic heterocycles. The van der Waals surface area contributed by atoms with E-state index in [-0.39, 0.29) is 11.5 Å². The lowest BCUT2D eigenvalue weighted by Crippen LogP contribution is -2.33. The highest BCUT2D eigenvalue weighted by molar-refractivity contribution is 5.95. The molecule has 0 aliphatic heterocycles. The number of rotatable bonds is 6. The van der Waals surface area contributed by atoms with Gasteiger partial charge >= 0.3 is 0 Å². The summed E-state index contributed by atoms with van der Waals surface area (Å²) in [5.41, 5.74) is 0.860. The molecule has 0 spiro atoms. The van der Waals surface area contributed by atoms with Gasteiger partial charge in [0.15, 0.2) is 0 Å². The number of carbonyl (C=O) groups is 1. The summed E-state index contributed by atoms with van der Waals surface area (Å²) in [5, 5.41) is 3.31. The van der Waals surface area contributed by atoms with Crippen LogP contribution in [0.4, 0.5) is 5.69 Å². The predicted molar refractivity (Wildman–Crippen MR) is 104 cm³/mol. The fraction of sp³-hybridized carbons (Fsp3) is 0.250. The number of anilines is 1. The minimum Gasteiger partial charge on any atom is -0.497 e. The summed E-state index contributed by atoms with van der Waals surface area (Å²) < 4.78 is 11.8. The maximum absolute atomic E-state index is 12.9. The van der Waals surface area contributed by atoms with Crippen molar-refractivity contribution in [1.29, 1.82) is 0 Å². The minimum atomic E-state index is -0.693. The Morgan fingerprint density at radius 3 is 2.67 bits per heavy atom. The van der Waals surface area contributed by atoms with Gasteiger partial charge in [-0.05, 0) is 30.7 Å². The van der Waals surface area contributed by atoms with Crippen LogP contribution < -0.4 is 20.3 Å². The Labute approximate surface area is 156 Å². The second-order valence-corrected chi connectivity index (χ2v) is 5.95. The quantitative estimate of drug-likeness (QED) is 0.724. The van der Waals surface area contributed by atoms with Crippen molar-refractivity contribution in [3.8, 4) is 11.5 Å². The molecule has 1 N–H and O–H groups in total. The number of benzene rings is 2. The van der Waals surface area contributed by atoms with Crippen LogP contribution in [-0.2, 0) is 4.79 Å². The first-order valence-electron chi connectivity index (χ1n) is 8.57. The molecule has 27 heavy (non-hydrogen) atoms. The van der Waals surface area contributed by atoms with Crippen molar-refractivity contribution in [3.63, 3.8) is 0 Å². The summed E-state index contributed by atoms with van der Waals surface area (Å²) in [4.78, 5) is 30.0. The topological polar surface area (TPSA) is 82.4 Å². The Hall–Kier alpha value is -3.35. The zero-order valence-corrected chi connectivity index (χ0v) is 15.4. The fourth-order valence-electron chi connectivity index (χ4n) is 2.93. The van der Waals surface area contributed by atoms with Gasteiger partial charge in [-0.25, -0.2) is 4.98 Å². The molecule has 0 aliphatic rings. The summed E-state index contributed by atoms with van der Waals surface area (Å²) in [5.74, 6) is 0.772. The number of ether oxygens (including phenoxy) is 2. The Balaban J connectivity index is 1.94. The monoisotopic (exact) mass is 367 g/mol. The molecular weight excluding hydrogens is 346 g/mol. The molecule has 0 fully saturated rings. The molecule has 1 atom stereocenters. The van der Waals surface area contributed by atoms with Crippen LogP contribution in [0.2, 0.25) is 0 Å². The van der Waals surface area contributed by atoms with Crippen LogP contribution in [0.3, 0.4) is 0 Å². The van der Waals surface area contributed by atoms with Crippen LogP contribution in [0.5, 0.6) is 11.5 Å². The number of aromatic nitrogens is 2. The number of nitrogens with zero attached hydrogens (tertiary/aromatic N) is 2. The third-order valence-electron chi connectivity index (χ3n) is 4.38. The molecule has 1 amide bonds. The van der Waals surface area contributed by atoms with E-state index in [0.717, 1.165) is 0 Å². The number of methoxy groups -OCH3 is 2. The zero-order chi connectivity index (χ0) is 19.4. The molecule has 3 aromatic rings. The standard InChI is InChI=1S/C20H21N3O4/c1-4-17(23-12-21-15-8-6-5-7-14(15)20(23)25)19(24)22-16-10-9-13(26-2)11-18(16)27-3/h5-12,17H,4H2,1-3H3,(H,22,24)/t17-/m1/s1. The smallest absolute Gasteiger partial charge is 0.261 e. The zero-order valence-electron chi connectivity index (χ0n) is 15.4. The Morgan fingerprint density at radius 2 is 1.96 bits per heavy atom. The van der Waals surface area contributed by atoms with E-state index >= 15 is 0 Å². The van der Waals surface area contributed by atoms with E-state index in [1.54, 1.807) is 43.5 Å². The van der Waals surface area contributed by atoms with Crippen molar-refractivity contribution in [1.82, 2.24) is 9.55 Å². The summed E-state index contributed by atoms with van der Waals surface area (Å²) in [6, 6.07) is 11.5. The highest BCUT2D eigenvalue weighted by Gasteiger charge is 2.22. The molecule has 3 rings (SSSR count). The van der Waals surface area contributed by atoms with E-state index < -0.39 is 6.04 Å². The molecule has 2 aromatic carbocycles. The van der Waals surface area contributed by atoms with Crippen molar-refractivity contribution in [3.05, 3.63) is 59.1 Å². The summed E-state index contributed by atoms with van der Waals surface area (Å²) >= 11 is 0. The number of hydrogen-bond acceptors (Lipinski definition) is 5. The lowest BCUT2D eigenvalue weighted by Gasteiger charge is -2.19. The second-order valence-electron chi connectivity index (χ2n) is 5.95. The number of hydrogen-bond donors (Lipinski definition) is 1. The van der Waals surface area contributed by atoms with E-state index in [9.17, 15) is 9.59 Å². The third-order valence-corrected chi connectivity index (χ3v) is 4.38. The average Bonchev–Trinajstić information content (AvgIpc) is 2.70. The maximum Gasteiger partial charge on any atom is 0.261 e. The molecule has 7 nitrogen and oxygen atoms in total. The molecule has 0 saturated carbocycles. The molecule has 140 valence electrons. The van der Waals surface area contributed by atoms with Crippen LogP contribution in [0.1, 0.15) is 19.4 Å². The molecule has 0 aliphatic carbocycles. The van der Waals surface area contributed by atoms with Gasteiger partial charge in [-0.3, -0.25) is 14.2 Å².